The summed E-state index contributed by atoms with van der Waals surface area (Å²) in [6.45, 7) is 0. The Labute approximate surface area is 117 Å². The number of rotatable bonds is 1. The molecule has 1 heterocycles. The van der Waals surface area contributed by atoms with Crippen LogP contribution in [0.3, 0.4) is 0 Å². The first-order chi connectivity index (χ1) is 9.56. The van der Waals surface area contributed by atoms with Crippen LogP contribution in [0.2, 0.25) is 5.02 Å². The van der Waals surface area contributed by atoms with Crippen LogP contribution >= 0.6 is 11.6 Å². The molecular weight excluding hydrogens is 280 g/mol. The number of halogens is 1. The number of hydrogen-bond donors (Lipinski definition) is 2. The maximum absolute atomic E-state index is 12.4. The van der Waals surface area contributed by atoms with Gasteiger partial charge in [-0.15, -0.1) is 0 Å². The second-order valence-electron chi connectivity index (χ2n) is 4.28. The first kappa shape index (κ1) is 12.5. The Bertz CT molecular complexity index is 910. The maximum Gasteiger partial charge on any atom is 0.333 e. The van der Waals surface area contributed by atoms with Gasteiger partial charge in [-0.05, 0) is 36.4 Å². The van der Waals surface area contributed by atoms with Crippen LogP contribution in [0.5, 0.6) is 5.75 Å². The summed E-state index contributed by atoms with van der Waals surface area (Å²) in [6.07, 6.45) is 0. The van der Waals surface area contributed by atoms with Gasteiger partial charge in [0.2, 0.25) is 0 Å². The lowest BCUT2D eigenvalue weighted by atomic mass is 10.2. The van der Waals surface area contributed by atoms with E-state index in [1.54, 1.807) is 24.3 Å². The van der Waals surface area contributed by atoms with Gasteiger partial charge in [0.05, 0.1) is 16.6 Å². The predicted octanol–water partition coefficient (Wildman–Crippen LogP) is 2.04. The summed E-state index contributed by atoms with van der Waals surface area (Å²) in [4.78, 5) is 27.0. The van der Waals surface area contributed by atoms with E-state index in [1.807, 2.05) is 0 Å². The summed E-state index contributed by atoms with van der Waals surface area (Å²) in [5.41, 5.74) is -0.303. The highest BCUT2D eigenvalue weighted by atomic mass is 35.5. The summed E-state index contributed by atoms with van der Waals surface area (Å²) in [5.74, 6) is -0.0169. The number of nitrogens with zero attached hydrogens (tertiary/aromatic N) is 1. The molecule has 3 rings (SSSR count). The number of H-pyrrole nitrogens is 1. The number of aromatic nitrogens is 2. The van der Waals surface area contributed by atoms with Gasteiger partial charge in [-0.3, -0.25) is 4.79 Å². The monoisotopic (exact) mass is 288 g/mol. The van der Waals surface area contributed by atoms with Crippen LogP contribution in [0.25, 0.3) is 16.6 Å². The molecule has 2 aromatic carbocycles. The zero-order valence-corrected chi connectivity index (χ0v) is 10.9. The molecule has 0 saturated carbocycles. The molecule has 0 saturated heterocycles. The van der Waals surface area contributed by atoms with Crippen LogP contribution in [-0.4, -0.2) is 14.7 Å². The van der Waals surface area contributed by atoms with E-state index in [1.165, 1.54) is 18.2 Å². The Morgan fingerprint density at radius 3 is 2.45 bits per heavy atom. The number of aromatic amines is 1. The summed E-state index contributed by atoms with van der Waals surface area (Å²) >= 11 is 5.79. The minimum atomic E-state index is -0.574. The Hall–Kier alpha value is -2.53. The fraction of sp³-hybridized carbons (Fsp3) is 0. The fourth-order valence-electron chi connectivity index (χ4n) is 2.03. The second kappa shape index (κ2) is 4.54. The highest BCUT2D eigenvalue weighted by Gasteiger charge is 2.09. The van der Waals surface area contributed by atoms with E-state index in [0.29, 0.717) is 21.6 Å². The highest BCUT2D eigenvalue weighted by molar-refractivity contribution is 6.30. The Morgan fingerprint density at radius 1 is 1.05 bits per heavy atom. The van der Waals surface area contributed by atoms with Crippen molar-refractivity contribution in [2.75, 3.05) is 0 Å². The Balaban J connectivity index is 2.37. The van der Waals surface area contributed by atoms with Crippen LogP contribution in [0.4, 0.5) is 0 Å². The van der Waals surface area contributed by atoms with Crippen molar-refractivity contribution in [1.82, 2.24) is 9.55 Å². The van der Waals surface area contributed by atoms with Crippen LogP contribution in [0.1, 0.15) is 0 Å². The first-order valence-corrected chi connectivity index (χ1v) is 6.18. The molecule has 0 aliphatic carbocycles. The zero-order valence-electron chi connectivity index (χ0n) is 10.1. The number of nitrogens with one attached hydrogen (secondary N) is 1. The molecule has 5 nitrogen and oxygen atoms in total. The van der Waals surface area contributed by atoms with E-state index >= 15 is 0 Å². The Morgan fingerprint density at radius 2 is 1.75 bits per heavy atom. The minimum Gasteiger partial charge on any atom is -0.508 e. The summed E-state index contributed by atoms with van der Waals surface area (Å²) in [6, 6.07) is 10.6. The molecule has 3 aromatic rings. The van der Waals surface area contributed by atoms with Gasteiger partial charge in [0.25, 0.3) is 5.56 Å². The van der Waals surface area contributed by atoms with Crippen molar-refractivity contribution in [3.63, 3.8) is 0 Å². The lowest BCUT2D eigenvalue weighted by Gasteiger charge is -2.06. The van der Waals surface area contributed by atoms with Gasteiger partial charge in [0, 0.05) is 11.1 Å². The standard InChI is InChI=1S/C14H9ClN2O3/c15-8-1-3-9(4-2-8)17-13(19)11-6-5-10(18)7-12(11)16-14(17)20/h1-7,18H,(H,16,20). The fourth-order valence-corrected chi connectivity index (χ4v) is 2.16. The quantitative estimate of drug-likeness (QED) is 0.719. The molecule has 0 aliphatic rings. The number of phenols is 1. The normalized spacial score (nSPS) is 10.8. The molecule has 1 aromatic heterocycles. The third-order valence-corrected chi connectivity index (χ3v) is 3.22. The molecule has 2 N–H and O–H groups in total. The van der Waals surface area contributed by atoms with Gasteiger partial charge in [-0.2, -0.15) is 0 Å². The van der Waals surface area contributed by atoms with Gasteiger partial charge in [-0.25, -0.2) is 9.36 Å². The third kappa shape index (κ3) is 1.98. The molecule has 0 unspecified atom stereocenters. The first-order valence-electron chi connectivity index (χ1n) is 5.80. The van der Waals surface area contributed by atoms with Crippen LogP contribution in [0, 0.1) is 0 Å². The molecule has 20 heavy (non-hydrogen) atoms. The van der Waals surface area contributed by atoms with Crippen molar-refractivity contribution in [1.29, 1.82) is 0 Å². The number of hydrogen-bond acceptors (Lipinski definition) is 3. The van der Waals surface area contributed by atoms with Gasteiger partial charge >= 0.3 is 5.69 Å². The number of aromatic hydroxyl groups is 1. The van der Waals surface area contributed by atoms with E-state index in [0.717, 1.165) is 4.57 Å². The molecule has 6 heteroatoms. The Kier molecular flexibility index (Phi) is 2.84. The number of fused-ring (bicyclic) bond motifs is 1. The van der Waals surface area contributed by atoms with E-state index in [2.05, 4.69) is 4.98 Å². The average Bonchev–Trinajstić information content (AvgIpc) is 2.40. The SMILES string of the molecule is O=c1[nH]c2cc(O)ccc2c(=O)n1-c1ccc(Cl)cc1. The van der Waals surface area contributed by atoms with Crippen molar-refractivity contribution in [2.45, 2.75) is 0 Å². The van der Waals surface area contributed by atoms with Gasteiger partial charge < -0.3 is 10.1 Å². The second-order valence-corrected chi connectivity index (χ2v) is 4.71. The molecular formula is C14H9ClN2O3. The van der Waals surface area contributed by atoms with E-state index in [9.17, 15) is 14.7 Å². The lowest BCUT2D eigenvalue weighted by molar-refractivity contribution is 0.476. The van der Waals surface area contributed by atoms with Crippen LogP contribution in [-0.2, 0) is 0 Å². The van der Waals surface area contributed by atoms with E-state index < -0.39 is 11.2 Å². The summed E-state index contributed by atoms with van der Waals surface area (Å²) in [5, 5.41) is 10.2. The van der Waals surface area contributed by atoms with E-state index in [-0.39, 0.29) is 5.75 Å². The molecule has 0 radical (unpaired) electrons. The minimum absolute atomic E-state index is 0.0169. The van der Waals surface area contributed by atoms with E-state index in [4.69, 9.17) is 11.6 Å². The largest absolute Gasteiger partial charge is 0.508 e. The smallest absolute Gasteiger partial charge is 0.333 e. The average molecular weight is 289 g/mol. The molecule has 0 fully saturated rings. The van der Waals surface area contributed by atoms with Crippen LogP contribution in [0.15, 0.2) is 52.1 Å². The summed E-state index contributed by atoms with van der Waals surface area (Å²) in [7, 11) is 0. The lowest BCUT2D eigenvalue weighted by Crippen LogP contribution is -2.33. The van der Waals surface area contributed by atoms with Gasteiger partial charge in [0.1, 0.15) is 5.75 Å². The van der Waals surface area contributed by atoms with Crippen molar-refractivity contribution in [3.8, 4) is 11.4 Å². The molecule has 100 valence electrons. The van der Waals surface area contributed by atoms with Crippen molar-refractivity contribution in [2.24, 2.45) is 0 Å². The zero-order chi connectivity index (χ0) is 14.3. The van der Waals surface area contributed by atoms with Crippen molar-refractivity contribution >= 4 is 22.5 Å². The van der Waals surface area contributed by atoms with Gasteiger partial charge in [-0.1, -0.05) is 11.6 Å². The third-order valence-electron chi connectivity index (χ3n) is 2.97. The summed E-state index contributed by atoms with van der Waals surface area (Å²) < 4.78 is 1.02. The number of phenolic OH excluding ortho intramolecular Hbond substituents is 1. The van der Waals surface area contributed by atoms with Crippen LogP contribution < -0.4 is 11.2 Å². The molecule has 0 amide bonds. The van der Waals surface area contributed by atoms with Gasteiger partial charge in [0.15, 0.2) is 0 Å². The maximum atomic E-state index is 12.4. The van der Waals surface area contributed by atoms with Crippen molar-refractivity contribution < 1.29 is 5.11 Å². The molecule has 0 atom stereocenters. The highest BCUT2D eigenvalue weighted by Crippen LogP contribution is 2.15. The van der Waals surface area contributed by atoms with Crippen molar-refractivity contribution in [3.05, 3.63) is 68.3 Å². The topological polar surface area (TPSA) is 75.1 Å². The molecule has 0 spiro atoms. The number of benzene rings is 2. The molecule has 0 aliphatic heterocycles. The predicted molar refractivity (Wildman–Crippen MR) is 76.8 cm³/mol. The molecule has 0 bridgehead atoms.